The molecule has 0 aromatic carbocycles. The summed E-state index contributed by atoms with van der Waals surface area (Å²) in [6.45, 7) is 7.03. The van der Waals surface area contributed by atoms with Gasteiger partial charge in [0.2, 0.25) is 0 Å². The largest absolute Gasteiger partial charge is 0.370 e. The van der Waals surface area contributed by atoms with Gasteiger partial charge in [-0.15, -0.1) is 0 Å². The van der Waals surface area contributed by atoms with E-state index in [0.29, 0.717) is 5.56 Å². The second-order valence-electron chi connectivity index (χ2n) is 5.86. The van der Waals surface area contributed by atoms with Gasteiger partial charge < -0.3 is 10.2 Å². The number of anilines is 1. The molecule has 0 saturated carbocycles. The van der Waals surface area contributed by atoms with E-state index < -0.39 is 0 Å². The van der Waals surface area contributed by atoms with Crippen LogP contribution in [0, 0.1) is 5.92 Å². The Morgan fingerprint density at radius 2 is 2.19 bits per heavy atom. The topological polar surface area (TPSA) is 45.2 Å². The van der Waals surface area contributed by atoms with Crippen LogP contribution < -0.4 is 5.32 Å². The molecule has 1 unspecified atom stereocenters. The maximum absolute atomic E-state index is 12.5. The molecule has 1 amide bonds. The third-order valence-corrected chi connectivity index (χ3v) is 4.28. The average molecular weight is 289 g/mol. The molecule has 1 atom stereocenters. The number of hydrogen-bond acceptors (Lipinski definition) is 3. The summed E-state index contributed by atoms with van der Waals surface area (Å²) in [6.07, 6.45) is 7.48. The molecule has 1 aliphatic heterocycles. The fraction of sp³-hybridized carbons (Fsp3) is 0.647. The number of rotatable bonds is 5. The van der Waals surface area contributed by atoms with Crippen molar-refractivity contribution in [1.29, 1.82) is 0 Å². The molecule has 0 spiro atoms. The summed E-state index contributed by atoms with van der Waals surface area (Å²) >= 11 is 0. The van der Waals surface area contributed by atoms with Crippen molar-refractivity contribution < 1.29 is 4.79 Å². The summed E-state index contributed by atoms with van der Waals surface area (Å²) in [7, 11) is 0. The molecule has 1 aromatic heterocycles. The van der Waals surface area contributed by atoms with Crippen LogP contribution in [0.4, 0.5) is 5.82 Å². The Hall–Kier alpha value is -1.58. The van der Waals surface area contributed by atoms with Crippen molar-refractivity contribution in [1.82, 2.24) is 9.88 Å². The molecule has 2 heterocycles. The van der Waals surface area contributed by atoms with Crippen LogP contribution in [0.5, 0.6) is 0 Å². The highest BCUT2D eigenvalue weighted by Gasteiger charge is 2.20. The van der Waals surface area contributed by atoms with Gasteiger partial charge in [-0.25, -0.2) is 4.98 Å². The Kier molecular flexibility index (Phi) is 6.03. The summed E-state index contributed by atoms with van der Waals surface area (Å²) in [6, 6.07) is 3.78. The standard InChI is InChI=1S/C17H27N3O/c1-3-10-18-16-8-7-15(13-19-16)17(21)20-11-5-6-14(4-2)9-12-20/h7-8,13-14H,3-6,9-12H2,1-2H3,(H,18,19). The van der Waals surface area contributed by atoms with Crippen LogP contribution in [0.2, 0.25) is 0 Å². The molecule has 116 valence electrons. The molecule has 1 saturated heterocycles. The van der Waals surface area contributed by atoms with Crippen LogP contribution in [0.3, 0.4) is 0 Å². The Morgan fingerprint density at radius 1 is 1.33 bits per heavy atom. The molecule has 1 fully saturated rings. The minimum Gasteiger partial charge on any atom is -0.370 e. The van der Waals surface area contributed by atoms with Gasteiger partial charge in [-0.2, -0.15) is 0 Å². The van der Waals surface area contributed by atoms with Crippen molar-refractivity contribution in [3.63, 3.8) is 0 Å². The minimum absolute atomic E-state index is 0.126. The quantitative estimate of drug-likeness (QED) is 0.901. The predicted octanol–water partition coefficient (Wildman–Crippen LogP) is 3.56. The second-order valence-corrected chi connectivity index (χ2v) is 5.86. The molecular formula is C17H27N3O. The lowest BCUT2D eigenvalue weighted by molar-refractivity contribution is 0.0759. The number of hydrogen-bond donors (Lipinski definition) is 1. The van der Waals surface area contributed by atoms with Crippen molar-refractivity contribution in [3.05, 3.63) is 23.9 Å². The Morgan fingerprint density at radius 3 is 2.86 bits per heavy atom. The van der Waals surface area contributed by atoms with Gasteiger partial charge in [-0.1, -0.05) is 20.3 Å². The van der Waals surface area contributed by atoms with E-state index in [4.69, 9.17) is 0 Å². The number of likely N-dealkylation sites (tertiary alicyclic amines) is 1. The van der Waals surface area contributed by atoms with Gasteiger partial charge in [0.1, 0.15) is 5.82 Å². The summed E-state index contributed by atoms with van der Waals surface area (Å²) in [5.74, 6) is 1.75. The van der Waals surface area contributed by atoms with Gasteiger partial charge in [-0.3, -0.25) is 4.79 Å². The zero-order chi connectivity index (χ0) is 15.1. The summed E-state index contributed by atoms with van der Waals surface area (Å²) in [5.41, 5.74) is 0.701. The average Bonchev–Trinajstić information content (AvgIpc) is 2.78. The third kappa shape index (κ3) is 4.45. The molecule has 1 aromatic rings. The number of amides is 1. The molecule has 1 aliphatic rings. The van der Waals surface area contributed by atoms with Gasteiger partial charge in [0.15, 0.2) is 0 Å². The summed E-state index contributed by atoms with van der Waals surface area (Å²) in [4.78, 5) is 18.9. The van der Waals surface area contributed by atoms with Crippen LogP contribution >= 0.6 is 0 Å². The van der Waals surface area contributed by atoms with Gasteiger partial charge in [0.05, 0.1) is 5.56 Å². The number of carbonyl (C=O) groups is 1. The molecule has 0 bridgehead atoms. The fourth-order valence-corrected chi connectivity index (χ4v) is 2.84. The Bertz CT molecular complexity index is 444. The fourth-order valence-electron chi connectivity index (χ4n) is 2.84. The number of nitrogens with zero attached hydrogens (tertiary/aromatic N) is 2. The van der Waals surface area contributed by atoms with Crippen molar-refractivity contribution in [3.8, 4) is 0 Å². The first-order valence-electron chi connectivity index (χ1n) is 8.23. The van der Waals surface area contributed by atoms with E-state index in [1.54, 1.807) is 6.20 Å². The van der Waals surface area contributed by atoms with Crippen LogP contribution in [0.1, 0.15) is 56.3 Å². The van der Waals surface area contributed by atoms with E-state index in [2.05, 4.69) is 24.1 Å². The first-order valence-corrected chi connectivity index (χ1v) is 8.23. The molecule has 4 nitrogen and oxygen atoms in total. The van der Waals surface area contributed by atoms with Crippen molar-refractivity contribution >= 4 is 11.7 Å². The maximum Gasteiger partial charge on any atom is 0.255 e. The molecule has 0 radical (unpaired) electrons. The van der Waals surface area contributed by atoms with Gasteiger partial charge in [0, 0.05) is 25.8 Å². The first kappa shape index (κ1) is 15.8. The SMILES string of the molecule is CCCNc1ccc(C(=O)N2CCCC(CC)CC2)cn1. The van der Waals surface area contributed by atoms with Gasteiger partial charge >= 0.3 is 0 Å². The summed E-state index contributed by atoms with van der Waals surface area (Å²) in [5, 5.41) is 3.23. The number of nitrogens with one attached hydrogen (secondary N) is 1. The van der Waals surface area contributed by atoms with Gasteiger partial charge in [-0.05, 0) is 43.7 Å². The highest BCUT2D eigenvalue weighted by molar-refractivity contribution is 5.94. The zero-order valence-corrected chi connectivity index (χ0v) is 13.3. The van der Waals surface area contributed by atoms with Crippen LogP contribution in [-0.4, -0.2) is 35.4 Å². The predicted molar refractivity (Wildman–Crippen MR) is 86.6 cm³/mol. The lowest BCUT2D eigenvalue weighted by atomic mass is 9.98. The Labute approximate surface area is 127 Å². The number of aromatic nitrogens is 1. The van der Waals surface area contributed by atoms with Crippen LogP contribution in [-0.2, 0) is 0 Å². The lowest BCUT2D eigenvalue weighted by Gasteiger charge is -2.20. The monoisotopic (exact) mass is 289 g/mol. The van der Waals surface area contributed by atoms with Crippen molar-refractivity contribution in [2.45, 2.75) is 46.0 Å². The van der Waals surface area contributed by atoms with E-state index in [0.717, 1.165) is 50.6 Å². The molecule has 2 rings (SSSR count). The smallest absolute Gasteiger partial charge is 0.255 e. The number of carbonyl (C=O) groups excluding carboxylic acids is 1. The van der Waals surface area contributed by atoms with Crippen molar-refractivity contribution in [2.75, 3.05) is 25.0 Å². The maximum atomic E-state index is 12.5. The van der Waals surface area contributed by atoms with Crippen LogP contribution in [0.25, 0.3) is 0 Å². The molecule has 0 aliphatic carbocycles. The highest BCUT2D eigenvalue weighted by atomic mass is 16.2. The highest BCUT2D eigenvalue weighted by Crippen LogP contribution is 2.21. The van der Waals surface area contributed by atoms with Gasteiger partial charge in [0.25, 0.3) is 5.91 Å². The molecular weight excluding hydrogens is 262 g/mol. The number of pyridine rings is 1. The van der Waals surface area contributed by atoms with E-state index in [-0.39, 0.29) is 5.91 Å². The van der Waals surface area contributed by atoms with E-state index >= 15 is 0 Å². The third-order valence-electron chi connectivity index (χ3n) is 4.28. The molecule has 21 heavy (non-hydrogen) atoms. The normalized spacial score (nSPS) is 19.1. The van der Waals surface area contributed by atoms with Crippen molar-refractivity contribution in [2.24, 2.45) is 5.92 Å². The van der Waals surface area contributed by atoms with Crippen LogP contribution in [0.15, 0.2) is 18.3 Å². The summed E-state index contributed by atoms with van der Waals surface area (Å²) < 4.78 is 0. The lowest BCUT2D eigenvalue weighted by Crippen LogP contribution is -2.32. The molecule has 1 N–H and O–H groups in total. The van der Waals surface area contributed by atoms with E-state index in [1.807, 2.05) is 17.0 Å². The minimum atomic E-state index is 0.126. The van der Waals surface area contributed by atoms with E-state index in [9.17, 15) is 4.79 Å². The zero-order valence-electron chi connectivity index (χ0n) is 13.3. The van der Waals surface area contributed by atoms with E-state index in [1.165, 1.54) is 12.8 Å². The Balaban J connectivity index is 1.95. The first-order chi connectivity index (χ1) is 10.2. The second kappa shape index (κ2) is 8.01. The molecule has 4 heteroatoms.